The Bertz CT molecular complexity index is 1000. The molecule has 0 saturated carbocycles. The number of aryl methyl sites for hydroxylation is 2. The number of guanidine groups is 1. The molecule has 3 N–H and O–H groups in total. The van der Waals surface area contributed by atoms with Gasteiger partial charge in [0.1, 0.15) is 12.4 Å². The molecule has 0 atom stereocenters. The van der Waals surface area contributed by atoms with Gasteiger partial charge in [-0.1, -0.05) is 47.6 Å². The number of benzene rings is 2. The minimum absolute atomic E-state index is 0.243. The predicted octanol–water partition coefficient (Wildman–Crippen LogP) is 3.15. The number of rotatable bonds is 7. The number of hydrogen-bond acceptors (Lipinski definition) is 4. The second-order valence-corrected chi connectivity index (χ2v) is 6.29. The summed E-state index contributed by atoms with van der Waals surface area (Å²) in [5.74, 6) is -0.763. The fourth-order valence-corrected chi connectivity index (χ4v) is 2.76. The number of aromatic nitrogens is 1. The zero-order valence-corrected chi connectivity index (χ0v) is 15.9. The van der Waals surface area contributed by atoms with Crippen LogP contribution in [0.5, 0.6) is 0 Å². The van der Waals surface area contributed by atoms with Gasteiger partial charge in [-0.05, 0) is 30.0 Å². The van der Waals surface area contributed by atoms with Gasteiger partial charge in [-0.2, -0.15) is 4.99 Å². The summed E-state index contributed by atoms with van der Waals surface area (Å²) in [4.78, 5) is 14.7. The van der Waals surface area contributed by atoms with E-state index in [-0.39, 0.29) is 24.2 Å². The maximum Gasteiger partial charge on any atom is 0.322 e. The number of nitrogens with one attached hydrogen (secondary N) is 2. The van der Waals surface area contributed by atoms with Gasteiger partial charge in [-0.25, -0.2) is 4.39 Å². The third kappa shape index (κ3) is 5.65. The number of carboxylic acid groups (broad SMARTS) is 1. The van der Waals surface area contributed by atoms with Crippen molar-refractivity contribution in [2.45, 2.75) is 12.8 Å². The molecule has 3 rings (SSSR count). The summed E-state index contributed by atoms with van der Waals surface area (Å²) in [5, 5.41) is 18.0. The molecule has 0 aliphatic carbocycles. The van der Waals surface area contributed by atoms with Crippen LogP contribution in [0.2, 0.25) is 0 Å². The van der Waals surface area contributed by atoms with Crippen LogP contribution < -0.4 is 10.6 Å². The number of aliphatic imine (C=N–C) groups is 1. The Balaban J connectivity index is 1.62. The van der Waals surface area contributed by atoms with Crippen molar-refractivity contribution in [3.8, 4) is 11.1 Å². The van der Waals surface area contributed by atoms with Gasteiger partial charge in [0, 0.05) is 18.7 Å². The average Bonchev–Trinajstić information content (AvgIpc) is 3.17. The van der Waals surface area contributed by atoms with E-state index in [9.17, 15) is 9.18 Å². The summed E-state index contributed by atoms with van der Waals surface area (Å²) in [7, 11) is 1.61. The molecule has 3 aromatic rings. The third-order valence-electron chi connectivity index (χ3n) is 4.20. The molecule has 0 radical (unpaired) electrons. The van der Waals surface area contributed by atoms with Crippen LogP contribution in [0.15, 0.2) is 64.1 Å². The molecule has 0 bridgehead atoms. The number of halogens is 1. The summed E-state index contributed by atoms with van der Waals surface area (Å²) >= 11 is 0. The third-order valence-corrected chi connectivity index (χ3v) is 4.20. The van der Waals surface area contributed by atoms with Gasteiger partial charge in [-0.15, -0.1) is 0 Å². The van der Waals surface area contributed by atoms with Crippen LogP contribution in [0.25, 0.3) is 11.1 Å². The molecule has 8 heteroatoms. The minimum atomic E-state index is -1.00. The Morgan fingerprint density at radius 1 is 1.17 bits per heavy atom. The van der Waals surface area contributed by atoms with Crippen LogP contribution in [0, 0.1) is 5.82 Å². The average molecular weight is 396 g/mol. The van der Waals surface area contributed by atoms with Gasteiger partial charge in [0.2, 0.25) is 0 Å². The molecule has 0 aliphatic rings. The first-order valence-electron chi connectivity index (χ1n) is 9.06. The summed E-state index contributed by atoms with van der Waals surface area (Å²) in [6.45, 7) is -0.273. The minimum Gasteiger partial charge on any atom is -0.480 e. The lowest BCUT2D eigenvalue weighted by atomic mass is 10.0. The van der Waals surface area contributed by atoms with Crippen LogP contribution in [-0.2, 0) is 17.6 Å². The first kappa shape index (κ1) is 20.1. The van der Waals surface area contributed by atoms with Crippen molar-refractivity contribution >= 4 is 17.8 Å². The fraction of sp³-hybridized carbons (Fsp3) is 0.190. The van der Waals surface area contributed by atoms with Gasteiger partial charge in [-0.3, -0.25) is 4.79 Å². The SMILES string of the molecule is CNC(=Nc1cc(CCc2ccc(-c3ccccc3)c(F)c2)no1)NCC(=O)O. The standard InChI is InChI=1S/C21H21FN4O3/c1-23-21(24-13-20(27)28)25-19-12-16(26-29-19)9-7-14-8-10-17(18(22)11-14)15-5-3-2-4-6-15/h2-6,8,10-12H,7,9,13H2,1H3,(H,27,28)(H2,23,24,25). The molecule has 0 amide bonds. The van der Waals surface area contributed by atoms with E-state index < -0.39 is 5.97 Å². The predicted molar refractivity (Wildman–Crippen MR) is 108 cm³/mol. The van der Waals surface area contributed by atoms with Gasteiger partial charge in [0.15, 0.2) is 5.96 Å². The van der Waals surface area contributed by atoms with Crippen molar-refractivity contribution in [3.63, 3.8) is 0 Å². The van der Waals surface area contributed by atoms with Crippen LogP contribution in [0.1, 0.15) is 11.3 Å². The maximum absolute atomic E-state index is 14.5. The lowest BCUT2D eigenvalue weighted by Gasteiger charge is -2.06. The molecule has 0 unspecified atom stereocenters. The highest BCUT2D eigenvalue weighted by atomic mass is 19.1. The molecule has 150 valence electrons. The molecule has 0 aliphatic heterocycles. The lowest BCUT2D eigenvalue weighted by Crippen LogP contribution is -2.37. The van der Waals surface area contributed by atoms with Crippen molar-refractivity contribution in [1.82, 2.24) is 15.8 Å². The maximum atomic E-state index is 14.5. The van der Waals surface area contributed by atoms with Crippen molar-refractivity contribution < 1.29 is 18.8 Å². The Hall–Kier alpha value is -3.68. The van der Waals surface area contributed by atoms with Crippen LogP contribution in [0.3, 0.4) is 0 Å². The Labute approximate surface area is 167 Å². The van der Waals surface area contributed by atoms with Crippen molar-refractivity contribution in [2.75, 3.05) is 13.6 Å². The molecule has 7 nitrogen and oxygen atoms in total. The second kappa shape index (κ2) is 9.50. The van der Waals surface area contributed by atoms with E-state index in [0.717, 1.165) is 11.1 Å². The monoisotopic (exact) mass is 396 g/mol. The van der Waals surface area contributed by atoms with E-state index >= 15 is 0 Å². The number of aliphatic carboxylic acids is 1. The quantitative estimate of drug-likeness (QED) is 0.419. The van der Waals surface area contributed by atoms with E-state index in [1.54, 1.807) is 19.2 Å². The Morgan fingerprint density at radius 2 is 1.97 bits per heavy atom. The molecule has 0 spiro atoms. The van der Waals surface area contributed by atoms with Crippen molar-refractivity contribution in [1.29, 1.82) is 0 Å². The van der Waals surface area contributed by atoms with Crippen molar-refractivity contribution in [2.24, 2.45) is 4.99 Å². The summed E-state index contributed by atoms with van der Waals surface area (Å²) < 4.78 is 19.6. The van der Waals surface area contributed by atoms with E-state index in [4.69, 9.17) is 9.63 Å². The molecular formula is C21H21FN4O3. The summed E-state index contributed by atoms with van der Waals surface area (Å²) in [5.41, 5.74) is 2.94. The zero-order chi connectivity index (χ0) is 20.6. The lowest BCUT2D eigenvalue weighted by molar-refractivity contribution is -0.135. The fourth-order valence-electron chi connectivity index (χ4n) is 2.76. The summed E-state index contributed by atoms with van der Waals surface area (Å²) in [6, 6.07) is 16.3. The van der Waals surface area contributed by atoms with E-state index in [1.165, 1.54) is 6.07 Å². The van der Waals surface area contributed by atoms with E-state index in [1.807, 2.05) is 36.4 Å². The number of nitrogens with zero attached hydrogens (tertiary/aromatic N) is 2. The van der Waals surface area contributed by atoms with E-state index in [2.05, 4.69) is 20.8 Å². The molecule has 0 fully saturated rings. The Morgan fingerprint density at radius 3 is 2.66 bits per heavy atom. The first-order chi connectivity index (χ1) is 14.0. The number of hydrogen-bond donors (Lipinski definition) is 3. The van der Waals surface area contributed by atoms with Crippen LogP contribution in [-0.4, -0.2) is 35.8 Å². The van der Waals surface area contributed by atoms with Gasteiger partial charge in [0.05, 0.1) is 5.69 Å². The van der Waals surface area contributed by atoms with Crippen molar-refractivity contribution in [3.05, 3.63) is 71.7 Å². The van der Waals surface area contributed by atoms with Gasteiger partial charge < -0.3 is 20.3 Å². The van der Waals surface area contributed by atoms with E-state index in [0.29, 0.717) is 24.1 Å². The molecule has 0 saturated heterocycles. The highest BCUT2D eigenvalue weighted by Gasteiger charge is 2.09. The number of carboxylic acids is 1. The first-order valence-corrected chi connectivity index (χ1v) is 9.06. The van der Waals surface area contributed by atoms with Crippen LogP contribution >= 0.6 is 0 Å². The smallest absolute Gasteiger partial charge is 0.322 e. The normalized spacial score (nSPS) is 11.3. The zero-order valence-electron chi connectivity index (χ0n) is 15.9. The second-order valence-electron chi connectivity index (χ2n) is 6.29. The Kier molecular flexibility index (Phi) is 6.57. The summed E-state index contributed by atoms with van der Waals surface area (Å²) in [6.07, 6.45) is 1.15. The van der Waals surface area contributed by atoms with Crippen LogP contribution in [0.4, 0.5) is 10.3 Å². The van der Waals surface area contributed by atoms with Gasteiger partial charge >= 0.3 is 5.97 Å². The number of carbonyl (C=O) groups is 1. The van der Waals surface area contributed by atoms with Gasteiger partial charge in [0.25, 0.3) is 5.88 Å². The topological polar surface area (TPSA) is 99.8 Å². The molecule has 1 heterocycles. The largest absolute Gasteiger partial charge is 0.480 e. The molecule has 1 aromatic heterocycles. The highest BCUT2D eigenvalue weighted by Crippen LogP contribution is 2.24. The highest BCUT2D eigenvalue weighted by molar-refractivity contribution is 5.85. The molecule has 2 aromatic carbocycles. The molecular weight excluding hydrogens is 375 g/mol. The molecule has 29 heavy (non-hydrogen) atoms.